The van der Waals surface area contributed by atoms with Gasteiger partial charge in [0, 0.05) is 31.9 Å². The summed E-state index contributed by atoms with van der Waals surface area (Å²) in [6.07, 6.45) is 1.02. The molecule has 5 nitrogen and oxygen atoms in total. The molecule has 1 heterocycles. The van der Waals surface area contributed by atoms with Crippen LogP contribution in [0.15, 0.2) is 48.5 Å². The highest BCUT2D eigenvalue weighted by Gasteiger charge is 2.22. The van der Waals surface area contributed by atoms with Crippen molar-refractivity contribution in [2.75, 3.05) is 43.5 Å². The maximum atomic E-state index is 12.5. The second kappa shape index (κ2) is 7.92. The summed E-state index contributed by atoms with van der Waals surface area (Å²) in [7, 11) is 1.61. The number of carbonyl (C=O) groups excluding carboxylic acids is 1. The van der Waals surface area contributed by atoms with Crippen molar-refractivity contribution in [3.05, 3.63) is 54.1 Å². The van der Waals surface area contributed by atoms with Gasteiger partial charge in [0.1, 0.15) is 5.75 Å². The van der Waals surface area contributed by atoms with E-state index in [-0.39, 0.29) is 6.03 Å². The monoisotopic (exact) mass is 339 g/mol. The lowest BCUT2D eigenvalue weighted by atomic mass is 10.1. The van der Waals surface area contributed by atoms with E-state index in [1.807, 2.05) is 29.2 Å². The normalized spacial score (nSPS) is 14.3. The molecule has 0 spiro atoms. The van der Waals surface area contributed by atoms with Gasteiger partial charge >= 0.3 is 6.03 Å². The van der Waals surface area contributed by atoms with Crippen LogP contribution in [-0.4, -0.2) is 44.2 Å². The minimum absolute atomic E-state index is 0.0760. The van der Waals surface area contributed by atoms with Crippen LogP contribution in [0.3, 0.4) is 0 Å². The molecule has 1 aliphatic rings. The van der Waals surface area contributed by atoms with E-state index in [9.17, 15) is 4.79 Å². The van der Waals surface area contributed by atoms with Gasteiger partial charge in [-0.3, -0.25) is 0 Å². The number of amides is 2. The van der Waals surface area contributed by atoms with Crippen molar-refractivity contribution in [2.24, 2.45) is 0 Å². The molecule has 1 fully saturated rings. The fraction of sp³-hybridized carbons (Fsp3) is 0.350. The highest BCUT2D eigenvalue weighted by molar-refractivity contribution is 5.91. The number of hydrogen-bond donors (Lipinski definition) is 1. The van der Waals surface area contributed by atoms with Crippen LogP contribution in [0.4, 0.5) is 16.2 Å². The smallest absolute Gasteiger partial charge is 0.322 e. The maximum Gasteiger partial charge on any atom is 0.322 e. The lowest BCUT2D eigenvalue weighted by Crippen LogP contribution is -2.50. The zero-order valence-electron chi connectivity index (χ0n) is 14.9. The second-order valence-corrected chi connectivity index (χ2v) is 6.09. The van der Waals surface area contributed by atoms with Crippen molar-refractivity contribution in [2.45, 2.75) is 13.3 Å². The van der Waals surface area contributed by atoms with Crippen molar-refractivity contribution >= 4 is 17.4 Å². The third-order valence-corrected chi connectivity index (χ3v) is 4.63. The number of nitrogens with zero attached hydrogens (tertiary/aromatic N) is 2. The first-order chi connectivity index (χ1) is 12.2. The van der Waals surface area contributed by atoms with Gasteiger partial charge in [0.05, 0.1) is 12.8 Å². The molecule has 0 aliphatic carbocycles. The standard InChI is InChI=1S/C20H25N3O2/c1-3-16-8-4-6-10-18(16)22-12-14-23(15-13-22)20(24)21-17-9-5-7-11-19(17)25-2/h4-11H,3,12-15H2,1-2H3,(H,21,24). The van der Waals surface area contributed by atoms with Gasteiger partial charge in [0.25, 0.3) is 0 Å². The summed E-state index contributed by atoms with van der Waals surface area (Å²) in [6.45, 7) is 5.28. The zero-order valence-corrected chi connectivity index (χ0v) is 14.9. The van der Waals surface area contributed by atoms with E-state index in [4.69, 9.17) is 4.74 Å². The van der Waals surface area contributed by atoms with E-state index in [2.05, 4.69) is 41.4 Å². The predicted molar refractivity (Wildman–Crippen MR) is 102 cm³/mol. The van der Waals surface area contributed by atoms with E-state index in [0.29, 0.717) is 24.5 Å². The summed E-state index contributed by atoms with van der Waals surface area (Å²) in [5.41, 5.74) is 3.35. The number of para-hydroxylation sites is 3. The van der Waals surface area contributed by atoms with Gasteiger partial charge < -0.3 is 19.9 Å². The Morgan fingerprint density at radius 2 is 1.72 bits per heavy atom. The number of methoxy groups -OCH3 is 1. The first-order valence-electron chi connectivity index (χ1n) is 8.74. The number of ether oxygens (including phenoxy) is 1. The molecule has 1 aliphatic heterocycles. The number of rotatable bonds is 4. The summed E-state index contributed by atoms with van der Waals surface area (Å²) < 4.78 is 5.29. The Hall–Kier alpha value is -2.69. The van der Waals surface area contributed by atoms with Crippen molar-refractivity contribution in [3.63, 3.8) is 0 Å². The van der Waals surface area contributed by atoms with Gasteiger partial charge in [-0.2, -0.15) is 0 Å². The van der Waals surface area contributed by atoms with Crippen LogP contribution >= 0.6 is 0 Å². The Balaban J connectivity index is 1.61. The van der Waals surface area contributed by atoms with E-state index < -0.39 is 0 Å². The number of hydrogen-bond acceptors (Lipinski definition) is 3. The van der Waals surface area contributed by atoms with Crippen LogP contribution < -0.4 is 15.0 Å². The molecule has 0 atom stereocenters. The maximum absolute atomic E-state index is 12.5. The number of urea groups is 1. The molecule has 0 aromatic heterocycles. The molecule has 5 heteroatoms. The molecule has 1 N–H and O–H groups in total. The molecule has 2 aromatic carbocycles. The average molecular weight is 339 g/mol. The third kappa shape index (κ3) is 3.87. The summed E-state index contributed by atoms with van der Waals surface area (Å²) in [4.78, 5) is 16.8. The summed E-state index contributed by atoms with van der Waals surface area (Å²) in [5, 5.41) is 2.95. The number of carbonyl (C=O) groups is 1. The highest BCUT2D eigenvalue weighted by atomic mass is 16.5. The first-order valence-corrected chi connectivity index (χ1v) is 8.74. The van der Waals surface area contributed by atoms with Crippen molar-refractivity contribution < 1.29 is 9.53 Å². The van der Waals surface area contributed by atoms with Gasteiger partial charge in [0.2, 0.25) is 0 Å². The average Bonchev–Trinajstić information content (AvgIpc) is 2.68. The van der Waals surface area contributed by atoms with Crippen molar-refractivity contribution in [3.8, 4) is 5.75 Å². The fourth-order valence-corrected chi connectivity index (χ4v) is 3.21. The number of aryl methyl sites for hydroxylation is 1. The third-order valence-electron chi connectivity index (χ3n) is 4.63. The topological polar surface area (TPSA) is 44.8 Å². The molecule has 132 valence electrons. The van der Waals surface area contributed by atoms with Crippen LogP contribution in [0.2, 0.25) is 0 Å². The van der Waals surface area contributed by atoms with E-state index in [1.165, 1.54) is 11.3 Å². The van der Waals surface area contributed by atoms with Crippen LogP contribution in [0, 0.1) is 0 Å². The Labute approximate surface area is 149 Å². The summed E-state index contributed by atoms with van der Waals surface area (Å²) >= 11 is 0. The highest BCUT2D eigenvalue weighted by Crippen LogP contribution is 2.25. The van der Waals surface area contributed by atoms with Crippen molar-refractivity contribution in [1.29, 1.82) is 0 Å². The number of anilines is 2. The quantitative estimate of drug-likeness (QED) is 0.925. The number of benzene rings is 2. The predicted octanol–water partition coefficient (Wildman–Crippen LogP) is 3.61. The molecule has 0 saturated carbocycles. The lowest BCUT2D eigenvalue weighted by Gasteiger charge is -2.37. The second-order valence-electron chi connectivity index (χ2n) is 6.09. The van der Waals surface area contributed by atoms with E-state index in [0.717, 1.165) is 19.5 Å². The molecule has 25 heavy (non-hydrogen) atoms. The molecule has 2 aromatic rings. The molecule has 1 saturated heterocycles. The van der Waals surface area contributed by atoms with Gasteiger partial charge in [0.15, 0.2) is 0 Å². The molecule has 0 unspecified atom stereocenters. The Morgan fingerprint density at radius 3 is 2.44 bits per heavy atom. The molecule has 2 amide bonds. The lowest BCUT2D eigenvalue weighted by molar-refractivity contribution is 0.208. The van der Waals surface area contributed by atoms with E-state index >= 15 is 0 Å². The van der Waals surface area contributed by atoms with Gasteiger partial charge in [-0.05, 0) is 30.2 Å². The number of nitrogens with one attached hydrogen (secondary N) is 1. The van der Waals surface area contributed by atoms with Crippen LogP contribution in [0.5, 0.6) is 5.75 Å². The van der Waals surface area contributed by atoms with Crippen molar-refractivity contribution in [1.82, 2.24) is 4.90 Å². The van der Waals surface area contributed by atoms with E-state index in [1.54, 1.807) is 7.11 Å². The Bertz CT molecular complexity index is 724. The Morgan fingerprint density at radius 1 is 1.04 bits per heavy atom. The minimum Gasteiger partial charge on any atom is -0.495 e. The molecule has 0 bridgehead atoms. The van der Waals surface area contributed by atoms with Gasteiger partial charge in [-0.25, -0.2) is 4.79 Å². The number of piperazine rings is 1. The zero-order chi connectivity index (χ0) is 17.6. The van der Waals surface area contributed by atoms with Gasteiger partial charge in [-0.15, -0.1) is 0 Å². The summed E-state index contributed by atoms with van der Waals surface area (Å²) in [5.74, 6) is 0.673. The first kappa shape index (κ1) is 17.1. The molecule has 3 rings (SSSR count). The molecular formula is C20H25N3O2. The summed E-state index contributed by atoms with van der Waals surface area (Å²) in [6, 6.07) is 15.9. The largest absolute Gasteiger partial charge is 0.495 e. The van der Waals surface area contributed by atoms with Gasteiger partial charge in [-0.1, -0.05) is 37.3 Å². The molecule has 0 radical (unpaired) electrons. The Kier molecular flexibility index (Phi) is 5.43. The SMILES string of the molecule is CCc1ccccc1N1CCN(C(=O)Nc2ccccc2OC)CC1. The minimum atomic E-state index is -0.0760. The van der Waals surface area contributed by atoms with Crippen LogP contribution in [-0.2, 0) is 6.42 Å². The van der Waals surface area contributed by atoms with Crippen LogP contribution in [0.25, 0.3) is 0 Å². The fourth-order valence-electron chi connectivity index (χ4n) is 3.21. The molecular weight excluding hydrogens is 314 g/mol. The van der Waals surface area contributed by atoms with Crippen LogP contribution in [0.1, 0.15) is 12.5 Å².